The van der Waals surface area contributed by atoms with Gasteiger partial charge < -0.3 is 39.4 Å². The van der Waals surface area contributed by atoms with Crippen LogP contribution in [0.4, 0.5) is 0 Å². The Morgan fingerprint density at radius 2 is 1.79 bits per heavy atom. The molecule has 3 aliphatic rings. The molecule has 4 N–H and O–H groups in total. The van der Waals surface area contributed by atoms with Crippen molar-refractivity contribution in [2.45, 2.75) is 62.0 Å². The van der Waals surface area contributed by atoms with Crippen LogP contribution in [0.1, 0.15) is 24.8 Å². The summed E-state index contributed by atoms with van der Waals surface area (Å²) in [5.41, 5.74) is 1.62. The van der Waals surface area contributed by atoms with Gasteiger partial charge >= 0.3 is 0 Å². The third-order valence-corrected chi connectivity index (χ3v) is 7.07. The quantitative estimate of drug-likeness (QED) is 0.361. The molecule has 1 aromatic carbocycles. The molecule has 0 radical (unpaired) electrons. The van der Waals surface area contributed by atoms with Gasteiger partial charge in [0.15, 0.2) is 0 Å². The van der Waals surface area contributed by atoms with E-state index in [1.807, 2.05) is 24.3 Å². The number of aliphatic hydroxyl groups is 4. The van der Waals surface area contributed by atoms with E-state index in [1.54, 1.807) is 12.2 Å². The molecule has 1 aliphatic heterocycles. The minimum absolute atomic E-state index is 0.111. The van der Waals surface area contributed by atoms with Crippen LogP contribution in [0.2, 0.25) is 0 Å². The fourth-order valence-corrected chi connectivity index (χ4v) is 4.71. The van der Waals surface area contributed by atoms with Crippen LogP contribution in [0.3, 0.4) is 0 Å². The van der Waals surface area contributed by atoms with Gasteiger partial charge in [-0.2, -0.15) is 0 Å². The number of hydrogen-bond acceptors (Lipinski definition) is 8. The Hall–Kier alpha value is -1.49. The molecule has 1 aromatic rings. The standard InChI is InChI=1S/C25H33ClO8/c1-31-25(24(30)23(29)22(28)21(14-27)34-25)17-4-9-20(26)16(13-17)12-15-2-5-18(6-3-15)32-10-11-33-19-7-8-19/h2-6,9,16,19,21-24,27-30H,7-8,10-14H2,1H3/t16?,21-,22-,23+,24-,25+/m1/s1. The second kappa shape index (κ2) is 11.1. The predicted molar refractivity (Wildman–Crippen MR) is 124 cm³/mol. The molecule has 188 valence electrons. The molecule has 2 aliphatic carbocycles. The first-order chi connectivity index (χ1) is 16.4. The Bertz CT molecular complexity index is 881. The lowest BCUT2D eigenvalue weighted by molar-refractivity contribution is -0.341. The molecule has 0 bridgehead atoms. The third kappa shape index (κ3) is 5.50. The number of hydrogen-bond donors (Lipinski definition) is 4. The van der Waals surface area contributed by atoms with Gasteiger partial charge in [-0.1, -0.05) is 29.8 Å². The highest BCUT2D eigenvalue weighted by atomic mass is 35.5. The lowest BCUT2D eigenvalue weighted by atomic mass is 9.80. The molecule has 8 nitrogen and oxygen atoms in total. The van der Waals surface area contributed by atoms with Gasteiger partial charge in [0.2, 0.25) is 5.79 Å². The van der Waals surface area contributed by atoms with E-state index in [2.05, 4.69) is 0 Å². The number of ether oxygens (including phenoxy) is 4. The molecule has 2 fully saturated rings. The number of rotatable bonds is 10. The largest absolute Gasteiger partial charge is 0.491 e. The molecule has 0 aromatic heterocycles. The van der Waals surface area contributed by atoms with Gasteiger partial charge in [0, 0.05) is 18.1 Å². The van der Waals surface area contributed by atoms with Crippen LogP contribution in [0.25, 0.3) is 0 Å². The maximum absolute atomic E-state index is 10.8. The maximum Gasteiger partial charge on any atom is 0.220 e. The third-order valence-electron chi connectivity index (χ3n) is 6.64. The number of halogens is 1. The summed E-state index contributed by atoms with van der Waals surface area (Å²) in [5.74, 6) is -1.05. The zero-order chi connectivity index (χ0) is 24.3. The van der Waals surface area contributed by atoms with Crippen LogP contribution in [0, 0.1) is 5.92 Å². The molecule has 9 heteroatoms. The Balaban J connectivity index is 1.41. The minimum atomic E-state index is -1.71. The van der Waals surface area contributed by atoms with Gasteiger partial charge in [-0.05, 0) is 55.0 Å². The van der Waals surface area contributed by atoms with Crippen LogP contribution < -0.4 is 4.74 Å². The molecule has 1 unspecified atom stereocenters. The highest BCUT2D eigenvalue weighted by Crippen LogP contribution is 2.43. The zero-order valence-corrected chi connectivity index (χ0v) is 19.9. The maximum atomic E-state index is 10.8. The van der Waals surface area contributed by atoms with E-state index in [-0.39, 0.29) is 5.92 Å². The summed E-state index contributed by atoms with van der Waals surface area (Å²) in [6.07, 6.45) is 1.51. The van der Waals surface area contributed by atoms with E-state index in [1.165, 1.54) is 7.11 Å². The van der Waals surface area contributed by atoms with Crippen molar-refractivity contribution in [1.82, 2.24) is 0 Å². The second-order valence-electron chi connectivity index (χ2n) is 9.05. The van der Waals surface area contributed by atoms with Gasteiger partial charge in [-0.15, -0.1) is 0 Å². The van der Waals surface area contributed by atoms with E-state index in [0.29, 0.717) is 42.8 Å². The van der Waals surface area contributed by atoms with Crippen molar-refractivity contribution in [3.63, 3.8) is 0 Å². The van der Waals surface area contributed by atoms with Crippen molar-refractivity contribution in [3.05, 3.63) is 52.6 Å². The Kier molecular flexibility index (Phi) is 8.32. The van der Waals surface area contributed by atoms with Crippen LogP contribution in [0.5, 0.6) is 5.75 Å². The molecule has 1 saturated carbocycles. The Morgan fingerprint density at radius 1 is 1.06 bits per heavy atom. The highest BCUT2D eigenvalue weighted by Gasteiger charge is 2.56. The van der Waals surface area contributed by atoms with Crippen molar-refractivity contribution in [1.29, 1.82) is 0 Å². The van der Waals surface area contributed by atoms with Crippen LogP contribution in [-0.2, 0) is 20.6 Å². The molecule has 0 spiro atoms. The van der Waals surface area contributed by atoms with Crippen molar-refractivity contribution in [2.24, 2.45) is 5.92 Å². The summed E-state index contributed by atoms with van der Waals surface area (Å²) in [6, 6.07) is 7.80. The van der Waals surface area contributed by atoms with Gasteiger partial charge in [0.1, 0.15) is 36.8 Å². The zero-order valence-electron chi connectivity index (χ0n) is 19.2. The van der Waals surface area contributed by atoms with Crippen LogP contribution in [-0.4, -0.2) is 83.7 Å². The van der Waals surface area contributed by atoms with Crippen molar-refractivity contribution >= 4 is 11.6 Å². The number of aliphatic hydroxyl groups excluding tert-OH is 4. The Labute approximate surface area is 204 Å². The highest BCUT2D eigenvalue weighted by molar-refractivity contribution is 6.30. The first kappa shape index (κ1) is 25.6. The monoisotopic (exact) mass is 496 g/mol. The summed E-state index contributed by atoms with van der Waals surface area (Å²) in [5, 5.41) is 41.5. The molecule has 1 heterocycles. The van der Waals surface area contributed by atoms with E-state index >= 15 is 0 Å². The summed E-state index contributed by atoms with van der Waals surface area (Å²) >= 11 is 6.52. The Morgan fingerprint density at radius 3 is 2.44 bits per heavy atom. The average Bonchev–Trinajstić information content (AvgIpc) is 3.68. The average molecular weight is 497 g/mol. The van der Waals surface area contributed by atoms with Gasteiger partial charge in [-0.3, -0.25) is 0 Å². The molecular formula is C25H33ClO8. The van der Waals surface area contributed by atoms with Crippen LogP contribution >= 0.6 is 11.6 Å². The molecule has 0 amide bonds. The number of methoxy groups -OCH3 is 1. The van der Waals surface area contributed by atoms with Gasteiger partial charge in [-0.25, -0.2) is 0 Å². The summed E-state index contributed by atoms with van der Waals surface area (Å²) < 4.78 is 22.7. The predicted octanol–water partition coefficient (Wildman–Crippen LogP) is 1.67. The lowest BCUT2D eigenvalue weighted by Gasteiger charge is -2.49. The molecule has 6 atom stereocenters. The fourth-order valence-electron chi connectivity index (χ4n) is 4.50. The van der Waals surface area contributed by atoms with E-state index < -0.39 is 36.8 Å². The lowest BCUT2D eigenvalue weighted by Crippen LogP contribution is -2.66. The molecule has 4 rings (SSSR count). The molecule has 34 heavy (non-hydrogen) atoms. The smallest absolute Gasteiger partial charge is 0.220 e. The van der Waals surface area contributed by atoms with Gasteiger partial charge in [0.05, 0.1) is 19.3 Å². The van der Waals surface area contributed by atoms with Crippen LogP contribution in [0.15, 0.2) is 47.0 Å². The van der Waals surface area contributed by atoms with E-state index in [4.69, 9.17) is 30.5 Å². The fraction of sp³-hybridized carbons (Fsp3) is 0.600. The SMILES string of the molecule is CO[C@@]1(C2=CC=C(Cl)C(Cc3ccc(OCCOC4CC4)cc3)C2)O[C@H](CO)[C@@H](O)[C@H](O)[C@H]1O. The normalized spacial score (nSPS) is 33.9. The van der Waals surface area contributed by atoms with Crippen molar-refractivity contribution in [3.8, 4) is 5.75 Å². The first-order valence-corrected chi connectivity index (χ1v) is 12.0. The molecule has 1 saturated heterocycles. The topological polar surface area (TPSA) is 118 Å². The minimum Gasteiger partial charge on any atom is -0.491 e. The van der Waals surface area contributed by atoms with Gasteiger partial charge in [0.25, 0.3) is 0 Å². The first-order valence-electron chi connectivity index (χ1n) is 11.7. The van der Waals surface area contributed by atoms with Crippen molar-refractivity contribution < 1.29 is 39.4 Å². The summed E-state index contributed by atoms with van der Waals surface area (Å²) in [4.78, 5) is 0. The van der Waals surface area contributed by atoms with E-state index in [0.717, 1.165) is 24.2 Å². The number of benzene rings is 1. The second-order valence-corrected chi connectivity index (χ2v) is 9.48. The molecular weight excluding hydrogens is 464 g/mol. The number of allylic oxidation sites excluding steroid dienone is 3. The summed E-state index contributed by atoms with van der Waals surface area (Å²) in [6.45, 7) is 0.560. The summed E-state index contributed by atoms with van der Waals surface area (Å²) in [7, 11) is 1.35. The van der Waals surface area contributed by atoms with Crippen molar-refractivity contribution in [2.75, 3.05) is 26.9 Å². The van der Waals surface area contributed by atoms with E-state index in [9.17, 15) is 20.4 Å².